The summed E-state index contributed by atoms with van der Waals surface area (Å²) in [4.78, 5) is 0. The Kier molecular flexibility index (Phi) is 4.54. The third-order valence-electron chi connectivity index (χ3n) is 4.37. The maximum Gasteiger partial charge on any atom is 0.0688 e. The van der Waals surface area contributed by atoms with Crippen LogP contribution in [0.5, 0.6) is 0 Å². The molecule has 0 aliphatic carbocycles. The van der Waals surface area contributed by atoms with Crippen molar-refractivity contribution in [1.29, 1.82) is 0 Å². The van der Waals surface area contributed by atoms with Gasteiger partial charge in [0.25, 0.3) is 0 Å². The van der Waals surface area contributed by atoms with E-state index in [2.05, 4.69) is 71.3 Å². The molecule has 4 heteroatoms. The second-order valence-corrected chi connectivity index (χ2v) is 7.29. The van der Waals surface area contributed by atoms with Crippen LogP contribution in [0, 0.1) is 0 Å². The number of nitrogens with zero attached hydrogens (tertiary/aromatic N) is 2. The fourth-order valence-electron chi connectivity index (χ4n) is 3.23. The molecule has 0 bridgehead atoms. The quantitative estimate of drug-likeness (QED) is 0.554. The van der Waals surface area contributed by atoms with Gasteiger partial charge in [0.2, 0.25) is 0 Å². The van der Waals surface area contributed by atoms with E-state index < -0.39 is 0 Å². The van der Waals surface area contributed by atoms with Gasteiger partial charge >= 0.3 is 0 Å². The molecule has 3 atom stereocenters. The molecule has 1 saturated heterocycles. The van der Waals surface area contributed by atoms with Gasteiger partial charge in [-0.15, -0.1) is 0 Å². The van der Waals surface area contributed by atoms with Gasteiger partial charge < -0.3 is 4.74 Å². The minimum atomic E-state index is 0.316. The zero-order valence-electron chi connectivity index (χ0n) is 12.9. The molecule has 3 rings (SSSR count). The number of ether oxygens (including phenoxy) is 1. The standard InChI is InChI=1S/C17H23IN2O/c1-11(2)13-4-5-14-10-19-20(17(14)7-13)15-6-12(3)21-16(8-15)9-18/h4-5,7,10-12,15-16H,6,8-9H2,1-3H3. The fourth-order valence-corrected chi connectivity index (χ4v) is 3.79. The first-order chi connectivity index (χ1) is 10.1. The molecule has 2 aromatic rings. The summed E-state index contributed by atoms with van der Waals surface area (Å²) in [5.41, 5.74) is 2.65. The van der Waals surface area contributed by atoms with Crippen molar-refractivity contribution in [1.82, 2.24) is 9.78 Å². The van der Waals surface area contributed by atoms with E-state index in [1.54, 1.807) is 0 Å². The van der Waals surface area contributed by atoms with Gasteiger partial charge in [-0.1, -0.05) is 48.6 Å². The molecule has 0 saturated carbocycles. The van der Waals surface area contributed by atoms with Crippen molar-refractivity contribution in [2.75, 3.05) is 4.43 Å². The minimum Gasteiger partial charge on any atom is -0.374 e. The summed E-state index contributed by atoms with van der Waals surface area (Å²) in [6.45, 7) is 6.66. The maximum absolute atomic E-state index is 5.99. The molecular weight excluding hydrogens is 375 g/mol. The molecule has 0 radical (unpaired) electrons. The van der Waals surface area contributed by atoms with Crippen molar-refractivity contribution in [3.05, 3.63) is 30.0 Å². The van der Waals surface area contributed by atoms with E-state index in [1.807, 2.05) is 6.20 Å². The van der Waals surface area contributed by atoms with E-state index >= 15 is 0 Å². The number of halogens is 1. The van der Waals surface area contributed by atoms with E-state index in [1.165, 1.54) is 16.5 Å². The summed E-state index contributed by atoms with van der Waals surface area (Å²) in [6.07, 6.45) is 4.78. The Bertz CT molecular complexity index is 622. The fraction of sp³-hybridized carbons (Fsp3) is 0.588. The van der Waals surface area contributed by atoms with Gasteiger partial charge in [0, 0.05) is 9.81 Å². The zero-order chi connectivity index (χ0) is 15.0. The molecule has 3 nitrogen and oxygen atoms in total. The first-order valence-electron chi connectivity index (χ1n) is 7.77. The zero-order valence-corrected chi connectivity index (χ0v) is 15.1. The summed E-state index contributed by atoms with van der Waals surface area (Å²) in [6, 6.07) is 7.19. The van der Waals surface area contributed by atoms with Crippen LogP contribution in [0.3, 0.4) is 0 Å². The number of hydrogen-bond acceptors (Lipinski definition) is 2. The van der Waals surface area contributed by atoms with Gasteiger partial charge in [-0.05, 0) is 37.3 Å². The number of rotatable bonds is 3. The van der Waals surface area contributed by atoms with Crippen molar-refractivity contribution in [2.24, 2.45) is 0 Å². The molecule has 3 unspecified atom stereocenters. The van der Waals surface area contributed by atoms with Crippen LogP contribution in [0.15, 0.2) is 24.4 Å². The van der Waals surface area contributed by atoms with Crippen LogP contribution in [0.1, 0.15) is 51.1 Å². The molecule has 0 amide bonds. The second kappa shape index (κ2) is 6.24. The van der Waals surface area contributed by atoms with Crippen molar-refractivity contribution >= 4 is 33.5 Å². The topological polar surface area (TPSA) is 27.1 Å². The Hall–Kier alpha value is -0.620. The highest BCUT2D eigenvalue weighted by atomic mass is 127. The summed E-state index contributed by atoms with van der Waals surface area (Å²) in [7, 11) is 0. The second-order valence-electron chi connectivity index (χ2n) is 6.41. The Morgan fingerprint density at radius 1 is 1.38 bits per heavy atom. The lowest BCUT2D eigenvalue weighted by molar-refractivity contribution is -0.0461. The van der Waals surface area contributed by atoms with Crippen LogP contribution >= 0.6 is 22.6 Å². The van der Waals surface area contributed by atoms with Crippen LogP contribution in [0.4, 0.5) is 0 Å². The van der Waals surface area contributed by atoms with Crippen molar-refractivity contribution < 1.29 is 4.74 Å². The predicted octanol–water partition coefficient (Wildman–Crippen LogP) is 4.70. The van der Waals surface area contributed by atoms with Crippen LogP contribution in [0.2, 0.25) is 0 Å². The molecule has 0 spiro atoms. The third kappa shape index (κ3) is 3.11. The summed E-state index contributed by atoms with van der Waals surface area (Å²) in [5, 5.41) is 5.92. The average Bonchev–Trinajstić information content (AvgIpc) is 2.89. The Morgan fingerprint density at radius 2 is 2.19 bits per heavy atom. The van der Waals surface area contributed by atoms with Crippen LogP contribution < -0.4 is 0 Å². The Labute approximate surface area is 140 Å². The monoisotopic (exact) mass is 398 g/mol. The van der Waals surface area contributed by atoms with Gasteiger partial charge in [-0.2, -0.15) is 5.10 Å². The number of alkyl halides is 1. The third-order valence-corrected chi connectivity index (χ3v) is 5.35. The predicted molar refractivity (Wildman–Crippen MR) is 95.3 cm³/mol. The van der Waals surface area contributed by atoms with Gasteiger partial charge in [0.1, 0.15) is 0 Å². The largest absolute Gasteiger partial charge is 0.374 e. The molecule has 21 heavy (non-hydrogen) atoms. The molecular formula is C17H23IN2O. The van der Waals surface area contributed by atoms with E-state index in [0.29, 0.717) is 24.2 Å². The van der Waals surface area contributed by atoms with Crippen LogP contribution in [-0.4, -0.2) is 26.4 Å². The van der Waals surface area contributed by atoms with Crippen molar-refractivity contribution in [3.63, 3.8) is 0 Å². The minimum absolute atomic E-state index is 0.316. The van der Waals surface area contributed by atoms with Gasteiger partial charge in [0.05, 0.1) is 30.0 Å². The van der Waals surface area contributed by atoms with Gasteiger partial charge in [0.15, 0.2) is 0 Å². The molecule has 1 aliphatic rings. The number of fused-ring (bicyclic) bond motifs is 1. The lowest BCUT2D eigenvalue weighted by Gasteiger charge is -2.33. The molecule has 1 fully saturated rings. The maximum atomic E-state index is 5.99. The Morgan fingerprint density at radius 3 is 2.90 bits per heavy atom. The molecule has 1 aromatic heterocycles. The van der Waals surface area contributed by atoms with E-state index in [0.717, 1.165) is 17.3 Å². The van der Waals surface area contributed by atoms with E-state index in [9.17, 15) is 0 Å². The number of hydrogen-bond donors (Lipinski definition) is 0. The number of aromatic nitrogens is 2. The lowest BCUT2D eigenvalue weighted by atomic mass is 9.99. The van der Waals surface area contributed by atoms with Crippen LogP contribution in [-0.2, 0) is 4.74 Å². The van der Waals surface area contributed by atoms with Crippen molar-refractivity contribution in [2.45, 2.75) is 57.8 Å². The van der Waals surface area contributed by atoms with E-state index in [4.69, 9.17) is 4.74 Å². The first-order valence-corrected chi connectivity index (χ1v) is 9.29. The van der Waals surface area contributed by atoms with Crippen molar-refractivity contribution in [3.8, 4) is 0 Å². The summed E-state index contributed by atoms with van der Waals surface area (Å²) >= 11 is 2.42. The normalized spacial score (nSPS) is 26.6. The smallest absolute Gasteiger partial charge is 0.0688 e. The van der Waals surface area contributed by atoms with E-state index in [-0.39, 0.29) is 0 Å². The highest BCUT2D eigenvalue weighted by molar-refractivity contribution is 14.1. The average molecular weight is 398 g/mol. The van der Waals surface area contributed by atoms with Gasteiger partial charge in [-0.25, -0.2) is 0 Å². The molecule has 1 aliphatic heterocycles. The molecule has 1 aromatic carbocycles. The Balaban J connectivity index is 1.97. The summed E-state index contributed by atoms with van der Waals surface area (Å²) < 4.78 is 9.28. The molecule has 114 valence electrons. The SMILES string of the molecule is CC1CC(n2ncc3ccc(C(C)C)cc32)CC(CI)O1. The van der Waals surface area contributed by atoms with Gasteiger partial charge in [-0.3, -0.25) is 4.68 Å². The number of benzene rings is 1. The highest BCUT2D eigenvalue weighted by Crippen LogP contribution is 2.32. The lowest BCUT2D eigenvalue weighted by Crippen LogP contribution is -2.33. The summed E-state index contributed by atoms with van der Waals surface area (Å²) in [5.74, 6) is 0.549. The molecule has 2 heterocycles. The highest BCUT2D eigenvalue weighted by Gasteiger charge is 2.28. The van der Waals surface area contributed by atoms with Crippen LogP contribution in [0.25, 0.3) is 10.9 Å². The molecule has 0 N–H and O–H groups in total. The first kappa shape index (κ1) is 15.3.